The largest absolute Gasteiger partial charge is 0.365 e. The van der Waals surface area contributed by atoms with Crippen LogP contribution in [0.25, 0.3) is 0 Å². The molecule has 0 bridgehead atoms. The summed E-state index contributed by atoms with van der Waals surface area (Å²) >= 11 is 5.79. The summed E-state index contributed by atoms with van der Waals surface area (Å²) in [5.74, 6) is -0.737. The van der Waals surface area contributed by atoms with Gasteiger partial charge in [-0.2, -0.15) is 4.57 Å². The molecule has 21 heavy (non-hydrogen) atoms. The molecular formula is C15H15ClN3O2+. The summed E-state index contributed by atoms with van der Waals surface area (Å²) in [5, 5.41) is 3.38. The lowest BCUT2D eigenvalue weighted by molar-refractivity contribution is -0.705. The van der Waals surface area contributed by atoms with Gasteiger partial charge in [0.05, 0.1) is 0 Å². The van der Waals surface area contributed by atoms with Crippen LogP contribution in [0.5, 0.6) is 0 Å². The molecule has 0 saturated carbocycles. The molecule has 6 heteroatoms. The van der Waals surface area contributed by atoms with E-state index in [2.05, 4.69) is 5.32 Å². The molecule has 1 heterocycles. The molecule has 0 aliphatic carbocycles. The summed E-state index contributed by atoms with van der Waals surface area (Å²) in [6.45, 7) is 1.73. The van der Waals surface area contributed by atoms with E-state index in [0.29, 0.717) is 16.3 Å². The molecule has 0 radical (unpaired) electrons. The molecule has 0 saturated heterocycles. The van der Waals surface area contributed by atoms with Gasteiger partial charge in [-0.3, -0.25) is 9.59 Å². The highest BCUT2D eigenvalue weighted by Gasteiger charge is 2.22. The van der Waals surface area contributed by atoms with E-state index in [4.69, 9.17) is 17.3 Å². The third kappa shape index (κ3) is 3.79. The number of nitrogens with one attached hydrogen (secondary N) is 1. The molecule has 1 aromatic heterocycles. The first-order valence-electron chi connectivity index (χ1n) is 6.34. The maximum Gasteiger partial charge on any atom is 0.293 e. The number of rotatable bonds is 4. The summed E-state index contributed by atoms with van der Waals surface area (Å²) in [4.78, 5) is 23.4. The minimum atomic E-state index is -0.533. The van der Waals surface area contributed by atoms with Gasteiger partial charge in [0.2, 0.25) is 6.04 Å². The SMILES string of the molecule is C[C@@H](C(=O)Nc1ccc(Cl)cc1)[n+]1cccc(C(N)=O)c1. The van der Waals surface area contributed by atoms with Crippen molar-refractivity contribution in [1.82, 2.24) is 0 Å². The van der Waals surface area contributed by atoms with Crippen LogP contribution in [0.1, 0.15) is 23.3 Å². The van der Waals surface area contributed by atoms with Gasteiger partial charge < -0.3 is 11.1 Å². The zero-order chi connectivity index (χ0) is 15.4. The van der Waals surface area contributed by atoms with Gasteiger partial charge in [0.15, 0.2) is 12.4 Å². The van der Waals surface area contributed by atoms with Crippen molar-refractivity contribution in [3.63, 3.8) is 0 Å². The van der Waals surface area contributed by atoms with Crippen LogP contribution in [0.2, 0.25) is 5.02 Å². The van der Waals surface area contributed by atoms with Crippen LogP contribution >= 0.6 is 11.6 Å². The van der Waals surface area contributed by atoms with Crippen LogP contribution in [-0.4, -0.2) is 11.8 Å². The number of primary amides is 1. The topological polar surface area (TPSA) is 76.1 Å². The smallest absolute Gasteiger partial charge is 0.293 e. The predicted molar refractivity (Wildman–Crippen MR) is 79.9 cm³/mol. The maximum absolute atomic E-state index is 12.2. The van der Waals surface area contributed by atoms with Gasteiger partial charge in [0.1, 0.15) is 5.56 Å². The van der Waals surface area contributed by atoms with Crippen molar-refractivity contribution in [2.24, 2.45) is 5.73 Å². The number of hydrogen-bond acceptors (Lipinski definition) is 2. The first-order valence-corrected chi connectivity index (χ1v) is 6.72. The van der Waals surface area contributed by atoms with Gasteiger partial charge in [0.25, 0.3) is 11.8 Å². The lowest BCUT2D eigenvalue weighted by Crippen LogP contribution is -2.44. The van der Waals surface area contributed by atoms with Crippen molar-refractivity contribution in [2.75, 3.05) is 5.32 Å². The highest BCUT2D eigenvalue weighted by atomic mass is 35.5. The van der Waals surface area contributed by atoms with Crippen molar-refractivity contribution in [1.29, 1.82) is 0 Å². The quantitative estimate of drug-likeness (QED) is 0.847. The number of carbonyl (C=O) groups excluding carboxylic acids is 2. The van der Waals surface area contributed by atoms with E-state index in [1.165, 1.54) is 0 Å². The van der Waals surface area contributed by atoms with E-state index >= 15 is 0 Å². The molecule has 0 aliphatic rings. The molecular weight excluding hydrogens is 290 g/mol. The summed E-state index contributed by atoms with van der Waals surface area (Å²) in [5.41, 5.74) is 6.24. The Balaban J connectivity index is 2.13. The Labute approximate surface area is 127 Å². The Kier molecular flexibility index (Phi) is 4.55. The number of nitrogens with zero attached hydrogens (tertiary/aromatic N) is 1. The monoisotopic (exact) mass is 304 g/mol. The van der Waals surface area contributed by atoms with Crippen molar-refractivity contribution in [3.8, 4) is 0 Å². The highest BCUT2D eigenvalue weighted by molar-refractivity contribution is 6.30. The van der Waals surface area contributed by atoms with E-state index in [1.54, 1.807) is 60.3 Å². The van der Waals surface area contributed by atoms with E-state index in [-0.39, 0.29) is 5.91 Å². The molecule has 108 valence electrons. The van der Waals surface area contributed by atoms with Crippen LogP contribution < -0.4 is 15.6 Å². The van der Waals surface area contributed by atoms with Crippen LogP contribution in [0.3, 0.4) is 0 Å². The van der Waals surface area contributed by atoms with Crippen molar-refractivity contribution >= 4 is 29.1 Å². The Morgan fingerprint density at radius 1 is 1.24 bits per heavy atom. The number of anilines is 1. The van der Waals surface area contributed by atoms with Gasteiger partial charge >= 0.3 is 0 Å². The lowest BCUT2D eigenvalue weighted by Gasteiger charge is -2.09. The highest BCUT2D eigenvalue weighted by Crippen LogP contribution is 2.14. The standard InChI is InChI=1S/C15H14ClN3O2/c1-10(19-8-2-3-11(9-19)14(17)20)15(21)18-13-6-4-12(16)5-7-13/h2-10H,1H3,(H2-,17,18,20,21)/p+1/t10-/m0/s1. The number of hydrogen-bond donors (Lipinski definition) is 2. The molecule has 0 spiro atoms. The zero-order valence-electron chi connectivity index (χ0n) is 11.4. The summed E-state index contributed by atoms with van der Waals surface area (Å²) in [7, 11) is 0. The minimum Gasteiger partial charge on any atom is -0.365 e. The molecule has 3 N–H and O–H groups in total. The molecule has 0 fully saturated rings. The van der Waals surface area contributed by atoms with Gasteiger partial charge in [-0.1, -0.05) is 11.6 Å². The second kappa shape index (κ2) is 6.37. The van der Waals surface area contributed by atoms with Gasteiger partial charge in [-0.25, -0.2) is 0 Å². The van der Waals surface area contributed by atoms with Crippen LogP contribution in [-0.2, 0) is 4.79 Å². The summed E-state index contributed by atoms with van der Waals surface area (Å²) in [6.07, 6.45) is 3.26. The Bertz CT molecular complexity index is 671. The van der Waals surface area contributed by atoms with E-state index in [1.807, 2.05) is 0 Å². The number of aromatic nitrogens is 1. The number of pyridine rings is 1. The Morgan fingerprint density at radius 3 is 2.52 bits per heavy atom. The Morgan fingerprint density at radius 2 is 1.90 bits per heavy atom. The predicted octanol–water partition coefficient (Wildman–Crippen LogP) is 1.93. The van der Waals surface area contributed by atoms with Crippen molar-refractivity contribution < 1.29 is 14.2 Å². The van der Waals surface area contributed by atoms with E-state index in [0.717, 1.165) is 0 Å². The molecule has 0 unspecified atom stereocenters. The lowest BCUT2D eigenvalue weighted by atomic mass is 10.2. The first-order chi connectivity index (χ1) is 9.97. The maximum atomic E-state index is 12.2. The average molecular weight is 305 g/mol. The second-order valence-electron chi connectivity index (χ2n) is 4.58. The van der Waals surface area contributed by atoms with Crippen molar-refractivity contribution in [3.05, 3.63) is 59.4 Å². The van der Waals surface area contributed by atoms with Gasteiger partial charge in [-0.15, -0.1) is 0 Å². The van der Waals surface area contributed by atoms with Crippen molar-refractivity contribution in [2.45, 2.75) is 13.0 Å². The molecule has 1 aromatic carbocycles. The molecule has 2 rings (SSSR count). The number of amides is 2. The molecule has 1 atom stereocenters. The zero-order valence-corrected chi connectivity index (χ0v) is 12.2. The summed E-state index contributed by atoms with van der Waals surface area (Å²) < 4.78 is 1.63. The van der Waals surface area contributed by atoms with Gasteiger partial charge in [0, 0.05) is 23.7 Å². The normalized spacial score (nSPS) is 11.7. The van der Waals surface area contributed by atoms with E-state index < -0.39 is 11.9 Å². The fourth-order valence-corrected chi connectivity index (χ4v) is 1.92. The molecule has 2 aromatic rings. The fraction of sp³-hybridized carbons (Fsp3) is 0.133. The molecule has 5 nitrogen and oxygen atoms in total. The summed E-state index contributed by atoms with van der Waals surface area (Å²) in [6, 6.07) is 9.62. The minimum absolute atomic E-state index is 0.205. The third-order valence-corrected chi connectivity index (χ3v) is 3.30. The van der Waals surface area contributed by atoms with Crippen LogP contribution in [0.15, 0.2) is 48.8 Å². The van der Waals surface area contributed by atoms with Crippen LogP contribution in [0, 0.1) is 0 Å². The van der Waals surface area contributed by atoms with Crippen LogP contribution in [0.4, 0.5) is 5.69 Å². The number of benzene rings is 1. The number of nitrogens with two attached hydrogens (primary N) is 1. The second-order valence-corrected chi connectivity index (χ2v) is 5.01. The number of halogens is 1. The molecule has 2 amide bonds. The van der Waals surface area contributed by atoms with E-state index in [9.17, 15) is 9.59 Å². The van der Waals surface area contributed by atoms with Gasteiger partial charge in [-0.05, 0) is 30.3 Å². The fourth-order valence-electron chi connectivity index (χ4n) is 1.79. The first kappa shape index (κ1) is 15.0. The Hall–Kier alpha value is -2.40. The number of carbonyl (C=O) groups is 2. The molecule has 0 aliphatic heterocycles. The average Bonchev–Trinajstić information content (AvgIpc) is 2.49. The third-order valence-electron chi connectivity index (χ3n) is 3.05.